The van der Waals surface area contributed by atoms with E-state index in [9.17, 15) is 0 Å². The summed E-state index contributed by atoms with van der Waals surface area (Å²) >= 11 is 1.51. The van der Waals surface area contributed by atoms with Crippen molar-refractivity contribution >= 4 is 11.8 Å². The standard InChI is InChI=1S/C26H23N5O2S/c1-18-12-14-20(15-13-18)31-23(16-19-8-4-3-5-9-19)28-29-26(31)34-17-24-27-25(30-33-24)21-10-6-7-11-22(21)32-2/h3-15H,16-17H2,1-2H3. The van der Waals surface area contributed by atoms with Crippen LogP contribution in [0.15, 0.2) is 88.5 Å². The SMILES string of the molecule is COc1ccccc1-c1noc(CSc2nnc(Cc3ccccc3)n2-c2ccc(C)cc2)n1. The zero-order valence-electron chi connectivity index (χ0n) is 18.9. The maximum atomic E-state index is 5.51. The van der Waals surface area contributed by atoms with E-state index in [1.807, 2.05) is 42.5 Å². The summed E-state index contributed by atoms with van der Waals surface area (Å²) in [7, 11) is 1.63. The van der Waals surface area contributed by atoms with Crippen molar-refractivity contribution in [3.8, 4) is 22.8 Å². The molecule has 0 aliphatic rings. The molecule has 0 radical (unpaired) electrons. The molecule has 0 saturated heterocycles. The second-order valence-electron chi connectivity index (χ2n) is 7.73. The normalized spacial score (nSPS) is 11.0. The summed E-state index contributed by atoms with van der Waals surface area (Å²) in [6.45, 7) is 2.07. The van der Waals surface area contributed by atoms with Gasteiger partial charge in [-0.15, -0.1) is 10.2 Å². The van der Waals surface area contributed by atoms with Crippen LogP contribution in [0.3, 0.4) is 0 Å². The molecule has 3 aromatic carbocycles. The lowest BCUT2D eigenvalue weighted by atomic mass is 10.1. The Morgan fingerprint density at radius 1 is 0.912 bits per heavy atom. The zero-order valence-corrected chi connectivity index (χ0v) is 19.7. The Balaban J connectivity index is 1.41. The van der Waals surface area contributed by atoms with Crippen LogP contribution in [-0.4, -0.2) is 32.0 Å². The molecule has 0 atom stereocenters. The van der Waals surface area contributed by atoms with Gasteiger partial charge in [0, 0.05) is 12.1 Å². The van der Waals surface area contributed by atoms with E-state index in [4.69, 9.17) is 9.26 Å². The highest BCUT2D eigenvalue weighted by atomic mass is 32.2. The Labute approximate surface area is 201 Å². The lowest BCUT2D eigenvalue weighted by Crippen LogP contribution is -2.04. The quantitative estimate of drug-likeness (QED) is 0.277. The van der Waals surface area contributed by atoms with Crippen LogP contribution in [0.1, 0.15) is 22.8 Å². The van der Waals surface area contributed by atoms with E-state index in [1.54, 1.807) is 7.11 Å². The first-order valence-electron chi connectivity index (χ1n) is 10.9. The second kappa shape index (κ2) is 9.93. The lowest BCUT2D eigenvalue weighted by molar-refractivity contribution is 0.390. The van der Waals surface area contributed by atoms with Crippen molar-refractivity contribution in [2.45, 2.75) is 24.3 Å². The number of benzene rings is 3. The van der Waals surface area contributed by atoms with Crippen molar-refractivity contribution < 1.29 is 9.26 Å². The lowest BCUT2D eigenvalue weighted by Gasteiger charge is -2.10. The molecule has 5 aromatic rings. The number of hydrogen-bond acceptors (Lipinski definition) is 7. The van der Waals surface area contributed by atoms with Crippen LogP contribution < -0.4 is 4.74 Å². The maximum absolute atomic E-state index is 5.51. The first-order chi connectivity index (χ1) is 16.7. The predicted molar refractivity (Wildman–Crippen MR) is 131 cm³/mol. The third kappa shape index (κ3) is 4.72. The van der Waals surface area contributed by atoms with Gasteiger partial charge < -0.3 is 9.26 Å². The van der Waals surface area contributed by atoms with Crippen LogP contribution in [-0.2, 0) is 12.2 Å². The van der Waals surface area contributed by atoms with Gasteiger partial charge in [-0.3, -0.25) is 4.57 Å². The van der Waals surface area contributed by atoms with E-state index in [-0.39, 0.29) is 0 Å². The summed E-state index contributed by atoms with van der Waals surface area (Å²) in [4.78, 5) is 4.56. The van der Waals surface area contributed by atoms with Gasteiger partial charge in [-0.05, 0) is 36.8 Å². The van der Waals surface area contributed by atoms with Crippen molar-refractivity contribution in [3.05, 3.63) is 102 Å². The average Bonchev–Trinajstić information content (AvgIpc) is 3.51. The molecule has 170 valence electrons. The van der Waals surface area contributed by atoms with Crippen LogP contribution in [0.25, 0.3) is 17.1 Å². The number of ether oxygens (including phenoxy) is 1. The molecule has 0 unspecified atom stereocenters. The van der Waals surface area contributed by atoms with E-state index in [1.165, 1.54) is 22.9 Å². The topological polar surface area (TPSA) is 78.9 Å². The summed E-state index contributed by atoms with van der Waals surface area (Å²) in [5.41, 5.74) is 4.19. The van der Waals surface area contributed by atoms with Gasteiger partial charge in [0.15, 0.2) is 5.16 Å². The molecule has 0 bridgehead atoms. The summed E-state index contributed by atoms with van der Waals surface area (Å²) in [5, 5.41) is 13.9. The number of para-hydroxylation sites is 1. The minimum Gasteiger partial charge on any atom is -0.496 e. The molecule has 0 aliphatic heterocycles. The second-order valence-corrected chi connectivity index (χ2v) is 8.68. The van der Waals surface area contributed by atoms with Crippen LogP contribution in [0.4, 0.5) is 0 Å². The summed E-state index contributed by atoms with van der Waals surface area (Å²) in [5.74, 6) is 3.05. The highest BCUT2D eigenvalue weighted by Gasteiger charge is 2.18. The van der Waals surface area contributed by atoms with Crippen LogP contribution in [0.2, 0.25) is 0 Å². The van der Waals surface area contributed by atoms with Gasteiger partial charge in [-0.2, -0.15) is 4.98 Å². The molecule has 8 heteroatoms. The summed E-state index contributed by atoms with van der Waals surface area (Å²) < 4.78 is 13.0. The number of hydrogen-bond donors (Lipinski definition) is 0. The molecular formula is C26H23N5O2S. The Morgan fingerprint density at radius 3 is 2.47 bits per heavy atom. The molecule has 2 aromatic heterocycles. The molecule has 5 rings (SSSR count). The Hall–Kier alpha value is -3.91. The predicted octanol–water partition coefficient (Wildman–Crippen LogP) is 5.52. The minimum absolute atomic E-state index is 0.470. The fourth-order valence-electron chi connectivity index (χ4n) is 3.62. The highest BCUT2D eigenvalue weighted by Crippen LogP contribution is 2.29. The number of rotatable bonds is 8. The van der Waals surface area contributed by atoms with Crippen molar-refractivity contribution in [2.24, 2.45) is 0 Å². The average molecular weight is 470 g/mol. The first kappa shape index (κ1) is 21.9. The Kier molecular flexibility index (Phi) is 6.40. The van der Waals surface area contributed by atoms with Crippen LogP contribution in [0.5, 0.6) is 5.75 Å². The van der Waals surface area contributed by atoms with E-state index in [0.29, 0.717) is 29.6 Å². The van der Waals surface area contributed by atoms with Crippen LogP contribution in [0, 0.1) is 6.92 Å². The zero-order chi connectivity index (χ0) is 23.3. The van der Waals surface area contributed by atoms with Crippen molar-refractivity contribution in [3.63, 3.8) is 0 Å². The van der Waals surface area contributed by atoms with Gasteiger partial charge in [0.1, 0.15) is 11.6 Å². The number of aromatic nitrogens is 5. The molecule has 0 fully saturated rings. The fraction of sp³-hybridized carbons (Fsp3) is 0.154. The third-order valence-electron chi connectivity index (χ3n) is 5.34. The molecule has 0 saturated carbocycles. The van der Waals surface area contributed by atoms with Gasteiger partial charge in [-0.1, -0.05) is 77.1 Å². The largest absolute Gasteiger partial charge is 0.496 e. The smallest absolute Gasteiger partial charge is 0.237 e. The first-order valence-corrected chi connectivity index (χ1v) is 11.8. The Bertz CT molecular complexity index is 1380. The number of thioether (sulfide) groups is 1. The summed E-state index contributed by atoms with van der Waals surface area (Å²) in [6.07, 6.45) is 0.681. The molecule has 0 amide bonds. The van der Waals surface area contributed by atoms with Gasteiger partial charge in [0.25, 0.3) is 0 Å². The van der Waals surface area contributed by atoms with Gasteiger partial charge in [0.05, 0.1) is 18.4 Å². The third-order valence-corrected chi connectivity index (χ3v) is 6.25. The van der Waals surface area contributed by atoms with Gasteiger partial charge in [-0.25, -0.2) is 0 Å². The molecular weight excluding hydrogens is 446 g/mol. The van der Waals surface area contributed by atoms with E-state index >= 15 is 0 Å². The number of nitrogens with zero attached hydrogens (tertiary/aromatic N) is 5. The molecule has 0 aliphatic carbocycles. The van der Waals surface area contributed by atoms with E-state index in [2.05, 4.69) is 68.2 Å². The van der Waals surface area contributed by atoms with E-state index < -0.39 is 0 Å². The maximum Gasteiger partial charge on any atom is 0.237 e. The Morgan fingerprint density at radius 2 is 1.68 bits per heavy atom. The number of methoxy groups -OCH3 is 1. The minimum atomic E-state index is 0.470. The fourth-order valence-corrected chi connectivity index (χ4v) is 4.43. The summed E-state index contributed by atoms with van der Waals surface area (Å²) in [6, 6.07) is 26.2. The van der Waals surface area contributed by atoms with Gasteiger partial charge >= 0.3 is 0 Å². The van der Waals surface area contributed by atoms with E-state index in [0.717, 1.165) is 22.2 Å². The molecule has 7 nitrogen and oxygen atoms in total. The van der Waals surface area contributed by atoms with Gasteiger partial charge in [0.2, 0.25) is 11.7 Å². The molecule has 0 N–H and O–H groups in total. The van der Waals surface area contributed by atoms with Crippen molar-refractivity contribution in [1.82, 2.24) is 24.9 Å². The van der Waals surface area contributed by atoms with Crippen LogP contribution >= 0.6 is 11.8 Å². The molecule has 0 spiro atoms. The van der Waals surface area contributed by atoms with Crippen molar-refractivity contribution in [2.75, 3.05) is 7.11 Å². The molecule has 2 heterocycles. The monoisotopic (exact) mass is 469 g/mol. The highest BCUT2D eigenvalue weighted by molar-refractivity contribution is 7.98. The van der Waals surface area contributed by atoms with Crippen molar-refractivity contribution in [1.29, 1.82) is 0 Å². The molecule has 34 heavy (non-hydrogen) atoms. The number of aryl methyl sites for hydroxylation is 1.